The molecule has 0 saturated heterocycles. The number of nitrogens with one attached hydrogen (secondary N) is 2. The fraction of sp³-hybridized carbons (Fsp3) is 0.375. The van der Waals surface area contributed by atoms with Crippen LogP contribution in [-0.2, 0) is 4.79 Å². The zero-order valence-corrected chi connectivity index (χ0v) is 17.8. The van der Waals surface area contributed by atoms with Crippen molar-refractivity contribution < 1.29 is 4.79 Å². The van der Waals surface area contributed by atoms with E-state index in [0.29, 0.717) is 12.5 Å². The van der Waals surface area contributed by atoms with Crippen molar-refractivity contribution in [2.75, 3.05) is 39.5 Å². The minimum atomic E-state index is -0.0414. The van der Waals surface area contributed by atoms with Gasteiger partial charge in [-0.1, -0.05) is 17.7 Å². The molecule has 5 nitrogen and oxygen atoms in total. The summed E-state index contributed by atoms with van der Waals surface area (Å²) in [4.78, 5) is 18.5. The first-order valence-corrected chi connectivity index (χ1v) is 8.61. The van der Waals surface area contributed by atoms with Crippen molar-refractivity contribution in [1.29, 1.82) is 0 Å². The Kier molecular flexibility index (Phi) is 12.9. The molecule has 0 atom stereocenters. The highest BCUT2D eigenvalue weighted by Gasteiger charge is 2.04. The molecule has 0 spiro atoms. The maximum Gasteiger partial charge on any atom is 0.243 e. The highest BCUT2D eigenvalue weighted by Crippen LogP contribution is 2.19. The normalized spacial score (nSPS) is 10.5. The van der Waals surface area contributed by atoms with Crippen LogP contribution in [0.15, 0.2) is 46.8 Å². The van der Waals surface area contributed by atoms with Gasteiger partial charge >= 0.3 is 0 Å². The van der Waals surface area contributed by atoms with Gasteiger partial charge in [0.25, 0.3) is 0 Å². The lowest BCUT2D eigenvalue weighted by Crippen LogP contribution is -2.39. The Morgan fingerprint density at radius 2 is 2.00 bits per heavy atom. The van der Waals surface area contributed by atoms with Gasteiger partial charge in [-0.05, 0) is 24.3 Å². The molecule has 1 aromatic carbocycles. The predicted octanol–water partition coefficient (Wildman–Crippen LogP) is 2.86. The summed E-state index contributed by atoms with van der Waals surface area (Å²) in [5.74, 6) is 1.44. The molecule has 8 heteroatoms. The van der Waals surface area contributed by atoms with Crippen molar-refractivity contribution in [1.82, 2.24) is 15.5 Å². The molecule has 24 heavy (non-hydrogen) atoms. The van der Waals surface area contributed by atoms with E-state index in [2.05, 4.69) is 22.2 Å². The molecule has 0 saturated carbocycles. The monoisotopic (exact) mass is 482 g/mol. The number of aliphatic imine (C=N–C) groups is 1. The number of guanidine groups is 1. The summed E-state index contributed by atoms with van der Waals surface area (Å²) in [6.07, 6.45) is 1.74. The predicted molar refractivity (Wildman–Crippen MR) is 115 cm³/mol. The summed E-state index contributed by atoms with van der Waals surface area (Å²) in [5, 5.41) is 7.03. The Hall–Kier alpha value is -0.930. The van der Waals surface area contributed by atoms with Gasteiger partial charge in [-0.25, -0.2) is 4.99 Å². The molecule has 0 bridgehead atoms. The van der Waals surface area contributed by atoms with E-state index in [1.165, 1.54) is 4.90 Å². The average molecular weight is 483 g/mol. The van der Waals surface area contributed by atoms with Gasteiger partial charge in [0.1, 0.15) is 6.54 Å². The van der Waals surface area contributed by atoms with Crippen LogP contribution in [0, 0.1) is 0 Å². The SMILES string of the molecule is C=CCNC(=NCC(=O)N(C)C)NCCSc1ccc(Cl)cc1.I. The molecule has 0 aliphatic heterocycles. The van der Waals surface area contributed by atoms with Gasteiger partial charge in [-0.3, -0.25) is 4.79 Å². The molecule has 134 valence electrons. The second-order valence-electron chi connectivity index (χ2n) is 4.85. The van der Waals surface area contributed by atoms with Crippen LogP contribution in [0.3, 0.4) is 0 Å². The first-order chi connectivity index (χ1) is 11.0. The number of nitrogens with zero attached hydrogens (tertiary/aromatic N) is 2. The molecule has 2 N–H and O–H groups in total. The van der Waals surface area contributed by atoms with E-state index in [4.69, 9.17) is 11.6 Å². The van der Waals surface area contributed by atoms with Crippen molar-refractivity contribution in [3.05, 3.63) is 41.9 Å². The summed E-state index contributed by atoms with van der Waals surface area (Å²) in [6, 6.07) is 7.74. The van der Waals surface area contributed by atoms with E-state index in [9.17, 15) is 4.79 Å². The standard InChI is InChI=1S/C16H23ClN4OS.HI/c1-4-9-18-16(20-12-15(22)21(2)3)19-10-11-23-14-7-5-13(17)6-8-14;/h4-8H,1,9-12H2,2-3H3,(H2,18,19,20);1H. The summed E-state index contributed by atoms with van der Waals surface area (Å²) in [7, 11) is 3.43. The number of amides is 1. The van der Waals surface area contributed by atoms with E-state index < -0.39 is 0 Å². The Morgan fingerprint density at radius 3 is 2.58 bits per heavy atom. The van der Waals surface area contributed by atoms with Crippen LogP contribution in [0.1, 0.15) is 0 Å². The number of halogens is 2. The number of rotatable bonds is 8. The molecule has 0 heterocycles. The van der Waals surface area contributed by atoms with E-state index in [-0.39, 0.29) is 36.4 Å². The molecule has 1 aromatic rings. The zero-order chi connectivity index (χ0) is 17.1. The van der Waals surface area contributed by atoms with Crippen LogP contribution < -0.4 is 10.6 Å². The summed E-state index contributed by atoms with van der Waals surface area (Å²) in [5.41, 5.74) is 0. The number of benzene rings is 1. The minimum Gasteiger partial charge on any atom is -0.356 e. The first kappa shape index (κ1) is 23.1. The van der Waals surface area contributed by atoms with E-state index in [1.807, 2.05) is 24.3 Å². The van der Waals surface area contributed by atoms with Crippen molar-refractivity contribution in [3.63, 3.8) is 0 Å². The molecular weight excluding hydrogens is 459 g/mol. The third kappa shape index (κ3) is 10.0. The van der Waals surface area contributed by atoms with Crippen molar-refractivity contribution in [2.45, 2.75) is 4.90 Å². The molecule has 1 amide bonds. The smallest absolute Gasteiger partial charge is 0.243 e. The van der Waals surface area contributed by atoms with Gasteiger partial charge in [-0.2, -0.15) is 0 Å². The van der Waals surface area contributed by atoms with Gasteiger partial charge in [-0.15, -0.1) is 42.3 Å². The van der Waals surface area contributed by atoms with E-state index in [0.717, 1.165) is 22.2 Å². The highest BCUT2D eigenvalue weighted by molar-refractivity contribution is 14.0. The number of hydrogen-bond donors (Lipinski definition) is 2. The second kappa shape index (κ2) is 13.4. The number of likely N-dealkylation sites (N-methyl/N-ethyl adjacent to an activating group) is 1. The number of hydrogen-bond acceptors (Lipinski definition) is 3. The molecule has 0 fully saturated rings. The molecule has 0 aromatic heterocycles. The van der Waals surface area contributed by atoms with Crippen LogP contribution in [0.25, 0.3) is 0 Å². The summed E-state index contributed by atoms with van der Waals surface area (Å²) >= 11 is 7.59. The van der Waals surface area contributed by atoms with Gasteiger partial charge < -0.3 is 15.5 Å². The van der Waals surface area contributed by atoms with Gasteiger partial charge in [0.2, 0.25) is 5.91 Å². The Labute approximate surface area is 170 Å². The van der Waals surface area contributed by atoms with Crippen molar-refractivity contribution in [2.24, 2.45) is 4.99 Å². The Balaban J connectivity index is 0.00000529. The number of carbonyl (C=O) groups is 1. The molecule has 0 unspecified atom stereocenters. The Bertz CT molecular complexity index is 537. The molecular formula is C16H24ClIN4OS. The van der Waals surface area contributed by atoms with Crippen LogP contribution in [0.4, 0.5) is 0 Å². The lowest BCUT2D eigenvalue weighted by molar-refractivity contribution is -0.127. The largest absolute Gasteiger partial charge is 0.356 e. The van der Waals surface area contributed by atoms with Crippen LogP contribution in [0.2, 0.25) is 5.02 Å². The lowest BCUT2D eigenvalue weighted by atomic mass is 10.4. The zero-order valence-electron chi connectivity index (χ0n) is 13.9. The van der Waals surface area contributed by atoms with Crippen LogP contribution in [-0.4, -0.2) is 56.2 Å². The van der Waals surface area contributed by atoms with Crippen molar-refractivity contribution in [3.8, 4) is 0 Å². The van der Waals surface area contributed by atoms with Gasteiger partial charge in [0, 0.05) is 42.9 Å². The van der Waals surface area contributed by atoms with Gasteiger partial charge in [0.05, 0.1) is 0 Å². The summed E-state index contributed by atoms with van der Waals surface area (Å²) in [6.45, 7) is 5.10. The van der Waals surface area contributed by atoms with Crippen LogP contribution >= 0.6 is 47.3 Å². The van der Waals surface area contributed by atoms with Crippen LogP contribution in [0.5, 0.6) is 0 Å². The maximum atomic E-state index is 11.6. The molecule has 0 radical (unpaired) electrons. The average Bonchev–Trinajstić information content (AvgIpc) is 2.54. The fourth-order valence-corrected chi connectivity index (χ4v) is 2.39. The van der Waals surface area contributed by atoms with E-state index in [1.54, 1.807) is 31.9 Å². The summed E-state index contributed by atoms with van der Waals surface area (Å²) < 4.78 is 0. The topological polar surface area (TPSA) is 56.7 Å². The number of thioether (sulfide) groups is 1. The first-order valence-electron chi connectivity index (χ1n) is 7.24. The van der Waals surface area contributed by atoms with Gasteiger partial charge in [0.15, 0.2) is 5.96 Å². The highest BCUT2D eigenvalue weighted by atomic mass is 127. The fourth-order valence-electron chi connectivity index (χ4n) is 1.50. The van der Waals surface area contributed by atoms with Crippen molar-refractivity contribution >= 4 is 59.2 Å². The third-order valence-corrected chi connectivity index (χ3v) is 4.03. The molecule has 0 aliphatic rings. The molecule has 1 rings (SSSR count). The maximum absolute atomic E-state index is 11.6. The third-order valence-electron chi connectivity index (χ3n) is 2.76. The van der Waals surface area contributed by atoms with E-state index >= 15 is 0 Å². The lowest BCUT2D eigenvalue weighted by Gasteiger charge is -2.12. The second-order valence-corrected chi connectivity index (χ2v) is 6.46. The Morgan fingerprint density at radius 1 is 1.33 bits per heavy atom. The quantitative estimate of drug-likeness (QED) is 0.149. The molecule has 0 aliphatic carbocycles. The minimum absolute atomic E-state index is 0. The number of carbonyl (C=O) groups excluding carboxylic acids is 1.